The summed E-state index contributed by atoms with van der Waals surface area (Å²) < 4.78 is 0. The molecule has 0 aliphatic heterocycles. The van der Waals surface area contributed by atoms with Crippen molar-refractivity contribution in [2.75, 3.05) is 0 Å². The minimum Gasteiger partial charge on any atom is -0.147 e. The minimum absolute atomic E-state index is 0. The molecule has 0 rings (SSSR count). The fourth-order valence-corrected chi connectivity index (χ4v) is 0. The van der Waals surface area contributed by atoms with Gasteiger partial charge in [0.25, 0.3) is 0 Å². The molecule has 0 fully saturated rings. The third-order valence-electron chi connectivity index (χ3n) is 0. The van der Waals surface area contributed by atoms with E-state index in [-0.39, 0.29) is 62.9 Å². The molecule has 29 valence electrons. The number of halogens is 2. The van der Waals surface area contributed by atoms with Gasteiger partial charge in [0.2, 0.25) is 0 Å². The molecular weight excluding hydrogens is 310 g/mol. The Morgan fingerprint density at radius 3 is 0.750 bits per heavy atom. The van der Waals surface area contributed by atoms with E-state index in [0.29, 0.717) is 0 Å². The zero-order valence-corrected chi connectivity index (χ0v) is 7.35. The maximum Gasteiger partial charge on any atom is 0 e. The van der Waals surface area contributed by atoms with Gasteiger partial charge in [0.05, 0.1) is 0 Å². The summed E-state index contributed by atoms with van der Waals surface area (Å²) in [7, 11) is 0. The third kappa shape index (κ3) is 9.21. The maximum atomic E-state index is 0. The van der Waals surface area contributed by atoms with Crippen LogP contribution in [0.15, 0.2) is 0 Å². The van der Waals surface area contributed by atoms with Crippen LogP contribution in [0.25, 0.3) is 0 Å². The summed E-state index contributed by atoms with van der Waals surface area (Å²) in [5, 5.41) is 0. The fraction of sp³-hybridized carbons (Fsp3) is 0. The predicted molar refractivity (Wildman–Crippen MR) is 14.5 cm³/mol. The van der Waals surface area contributed by atoms with Gasteiger partial charge in [0.15, 0.2) is 0 Å². The Labute approximate surface area is 62.7 Å². The van der Waals surface area contributed by atoms with Crippen molar-refractivity contribution in [2.45, 2.75) is 0 Å². The Morgan fingerprint density at radius 2 is 0.750 bits per heavy atom. The van der Waals surface area contributed by atoms with E-state index in [4.69, 9.17) is 0 Å². The van der Waals surface area contributed by atoms with Gasteiger partial charge in [0.1, 0.15) is 0 Å². The average molecular weight is 312 g/mol. The zero-order valence-electron chi connectivity index (χ0n) is 1.60. The average Bonchev–Trinajstić information content (AvgIpc) is 0. The second kappa shape index (κ2) is 21.5. The first-order valence-electron chi connectivity index (χ1n) is 0. The molecule has 0 atom stereocenters. The van der Waals surface area contributed by atoms with Gasteiger partial charge in [-0.15, -0.1) is 24.8 Å². The molecule has 0 aliphatic carbocycles. The van der Waals surface area contributed by atoms with Crippen molar-refractivity contribution in [3.8, 4) is 0 Å². The van der Waals surface area contributed by atoms with E-state index in [2.05, 4.69) is 0 Å². The topological polar surface area (TPSA) is 0 Å². The Hall–Kier alpha value is 1.79. The van der Waals surface area contributed by atoms with E-state index in [1.807, 2.05) is 0 Å². The van der Waals surface area contributed by atoms with Crippen molar-refractivity contribution in [1.29, 1.82) is 0 Å². The number of rotatable bonds is 0. The van der Waals surface area contributed by atoms with Crippen LogP contribution in [0.2, 0.25) is 0 Å². The SMILES string of the molecule is Cl.Cl.[Mn].[W]. The number of hydrogen-bond donors (Lipinski definition) is 0. The van der Waals surface area contributed by atoms with E-state index in [1.54, 1.807) is 0 Å². The Balaban J connectivity index is 0. The van der Waals surface area contributed by atoms with Gasteiger partial charge in [0, 0.05) is 38.1 Å². The van der Waals surface area contributed by atoms with Crippen molar-refractivity contribution in [3.63, 3.8) is 0 Å². The van der Waals surface area contributed by atoms with E-state index in [9.17, 15) is 0 Å². The summed E-state index contributed by atoms with van der Waals surface area (Å²) in [6.45, 7) is 0. The van der Waals surface area contributed by atoms with Gasteiger partial charge < -0.3 is 0 Å². The predicted octanol–water partition coefficient (Wildman–Crippen LogP) is 0.839. The van der Waals surface area contributed by atoms with Crippen LogP contribution in [0.4, 0.5) is 0 Å². The van der Waals surface area contributed by atoms with Crippen molar-refractivity contribution < 1.29 is 38.1 Å². The van der Waals surface area contributed by atoms with Crippen molar-refractivity contribution >= 4 is 24.8 Å². The van der Waals surface area contributed by atoms with Crippen LogP contribution in [-0.4, -0.2) is 0 Å². The van der Waals surface area contributed by atoms with Gasteiger partial charge in [-0.25, -0.2) is 0 Å². The molecule has 0 spiro atoms. The minimum atomic E-state index is 0. The van der Waals surface area contributed by atoms with E-state index < -0.39 is 0 Å². The van der Waals surface area contributed by atoms with Crippen LogP contribution >= 0.6 is 24.8 Å². The van der Waals surface area contributed by atoms with Crippen LogP contribution in [0.1, 0.15) is 0 Å². The molecule has 0 aliphatic rings. The summed E-state index contributed by atoms with van der Waals surface area (Å²) in [5.74, 6) is 0. The molecule has 0 nitrogen and oxygen atoms in total. The number of hydrogen-bond acceptors (Lipinski definition) is 0. The fourth-order valence-electron chi connectivity index (χ4n) is 0. The van der Waals surface area contributed by atoms with E-state index >= 15 is 0 Å². The normalized spacial score (nSPS) is 0. The second-order valence-corrected chi connectivity index (χ2v) is 0. The molecule has 0 saturated heterocycles. The molecule has 4 heteroatoms. The molecule has 0 bridgehead atoms. The van der Waals surface area contributed by atoms with Crippen LogP contribution < -0.4 is 0 Å². The summed E-state index contributed by atoms with van der Waals surface area (Å²) in [6, 6.07) is 0. The standard InChI is InChI=1S/2ClH.Mn.W/h2*1H;;. The monoisotopic (exact) mass is 311 g/mol. The third-order valence-corrected chi connectivity index (χ3v) is 0. The smallest absolute Gasteiger partial charge is 0 e. The molecule has 1 radical (unpaired) electrons. The molecule has 0 N–H and O–H groups in total. The quantitative estimate of drug-likeness (QED) is 0.582. The van der Waals surface area contributed by atoms with Gasteiger partial charge in [-0.3, -0.25) is 0 Å². The van der Waals surface area contributed by atoms with Crippen molar-refractivity contribution in [1.82, 2.24) is 0 Å². The molecule has 4 heavy (non-hydrogen) atoms. The van der Waals surface area contributed by atoms with E-state index in [1.165, 1.54) is 0 Å². The Kier molecular flexibility index (Phi) is 223. The van der Waals surface area contributed by atoms with Gasteiger partial charge in [-0.1, -0.05) is 0 Å². The molecule has 0 aromatic rings. The van der Waals surface area contributed by atoms with Crippen LogP contribution in [-0.2, 0) is 38.1 Å². The zero-order chi connectivity index (χ0) is 0. The van der Waals surface area contributed by atoms with Crippen LogP contribution in [0, 0.1) is 0 Å². The molecule has 0 saturated carbocycles. The molecule has 0 amide bonds. The maximum absolute atomic E-state index is 0. The van der Waals surface area contributed by atoms with Crippen LogP contribution in [0.3, 0.4) is 0 Å². The molecule has 0 aromatic carbocycles. The molecule has 0 heterocycles. The summed E-state index contributed by atoms with van der Waals surface area (Å²) in [4.78, 5) is 0. The first-order chi connectivity index (χ1) is 0. The first kappa shape index (κ1) is 41.5. The molecule has 0 aromatic heterocycles. The molecule has 0 unspecified atom stereocenters. The Bertz CT molecular complexity index is 6.00. The Morgan fingerprint density at radius 1 is 0.750 bits per heavy atom. The summed E-state index contributed by atoms with van der Waals surface area (Å²) in [6.07, 6.45) is 0. The van der Waals surface area contributed by atoms with Gasteiger partial charge in [-0.2, -0.15) is 0 Å². The van der Waals surface area contributed by atoms with Gasteiger partial charge in [-0.05, 0) is 0 Å². The second-order valence-electron chi connectivity index (χ2n) is 0. The van der Waals surface area contributed by atoms with Gasteiger partial charge >= 0.3 is 0 Å². The van der Waals surface area contributed by atoms with Crippen molar-refractivity contribution in [3.05, 3.63) is 0 Å². The van der Waals surface area contributed by atoms with Crippen LogP contribution in [0.5, 0.6) is 0 Å². The van der Waals surface area contributed by atoms with E-state index in [0.717, 1.165) is 0 Å². The summed E-state index contributed by atoms with van der Waals surface area (Å²) in [5.41, 5.74) is 0. The largest absolute Gasteiger partial charge is 0.147 e. The first-order valence-corrected chi connectivity index (χ1v) is 0. The summed E-state index contributed by atoms with van der Waals surface area (Å²) >= 11 is 0. The van der Waals surface area contributed by atoms with Crippen molar-refractivity contribution in [2.24, 2.45) is 0 Å². The molecular formula is H2Cl2MnW.